The molecule has 1 aliphatic rings. The zero-order chi connectivity index (χ0) is 12.5. The lowest BCUT2D eigenvalue weighted by atomic mass is 10.0. The summed E-state index contributed by atoms with van der Waals surface area (Å²) in [6.45, 7) is 1.51. The molecule has 0 saturated carbocycles. The lowest BCUT2D eigenvalue weighted by molar-refractivity contribution is -0.137. The van der Waals surface area contributed by atoms with Crippen LogP contribution < -0.4 is 5.32 Å². The molecule has 0 radical (unpaired) electrons. The Bertz CT molecular complexity index is 406. The van der Waals surface area contributed by atoms with E-state index in [1.54, 1.807) is 0 Å². The highest BCUT2D eigenvalue weighted by Gasteiger charge is 2.32. The highest BCUT2D eigenvalue weighted by Crippen LogP contribution is 2.34. The molecular weight excluding hydrogens is 290 g/mol. The summed E-state index contributed by atoms with van der Waals surface area (Å²) in [6, 6.07) is 3.05. The predicted octanol–water partition coefficient (Wildman–Crippen LogP) is 3.44. The Labute approximate surface area is 114 Å². The Kier molecular flexibility index (Phi) is 5.28. The van der Waals surface area contributed by atoms with E-state index in [0.29, 0.717) is 30.3 Å². The first-order valence-electron chi connectivity index (χ1n) is 5.16. The molecule has 18 heavy (non-hydrogen) atoms. The van der Waals surface area contributed by atoms with Crippen LogP contribution in [-0.4, -0.2) is 19.8 Å². The summed E-state index contributed by atoms with van der Waals surface area (Å²) >= 11 is 5.92. The van der Waals surface area contributed by atoms with Gasteiger partial charge in [0.05, 0.1) is 24.8 Å². The molecule has 0 bridgehead atoms. The number of nitrogens with one attached hydrogen (secondary N) is 1. The van der Waals surface area contributed by atoms with Crippen molar-refractivity contribution >= 4 is 24.0 Å². The molecule has 2 nitrogen and oxygen atoms in total. The predicted molar refractivity (Wildman–Crippen MR) is 65.3 cm³/mol. The summed E-state index contributed by atoms with van der Waals surface area (Å²) in [5.74, 6) is 0. The van der Waals surface area contributed by atoms with Crippen molar-refractivity contribution in [3.05, 3.63) is 34.3 Å². The Balaban J connectivity index is 0.00000162. The fourth-order valence-corrected chi connectivity index (χ4v) is 2.00. The van der Waals surface area contributed by atoms with Crippen LogP contribution in [0.3, 0.4) is 0 Å². The highest BCUT2D eigenvalue weighted by molar-refractivity contribution is 6.31. The lowest BCUT2D eigenvalue weighted by Gasteiger charge is -2.25. The molecule has 1 aromatic carbocycles. The molecule has 0 aromatic heterocycles. The van der Waals surface area contributed by atoms with E-state index in [1.165, 1.54) is 6.07 Å². The number of alkyl halides is 3. The van der Waals surface area contributed by atoms with Crippen LogP contribution in [0.4, 0.5) is 13.2 Å². The standard InChI is InChI=1S/C11H11ClF3NO.ClH/c12-9-2-1-7(11(13,14)15)5-8(9)10-6-17-4-3-16-10;/h1-2,5,10,16H,3-4,6H2;1H/t10-;/m0./s1. The Morgan fingerprint density at radius 2 is 2.06 bits per heavy atom. The number of morpholine rings is 1. The van der Waals surface area contributed by atoms with E-state index in [-0.39, 0.29) is 18.4 Å². The number of rotatable bonds is 1. The monoisotopic (exact) mass is 301 g/mol. The van der Waals surface area contributed by atoms with E-state index < -0.39 is 11.7 Å². The smallest absolute Gasteiger partial charge is 0.378 e. The van der Waals surface area contributed by atoms with Gasteiger partial charge in [-0.2, -0.15) is 13.2 Å². The van der Waals surface area contributed by atoms with Gasteiger partial charge in [0, 0.05) is 11.6 Å². The fourth-order valence-electron chi connectivity index (χ4n) is 1.75. The summed E-state index contributed by atoms with van der Waals surface area (Å²) in [5, 5.41) is 3.40. The molecular formula is C11H12Cl2F3NO. The van der Waals surface area contributed by atoms with Gasteiger partial charge >= 0.3 is 6.18 Å². The molecule has 1 aliphatic heterocycles. The number of benzene rings is 1. The molecule has 0 unspecified atom stereocenters. The molecule has 1 heterocycles. The molecule has 1 aromatic rings. The van der Waals surface area contributed by atoms with Crippen LogP contribution in [0.1, 0.15) is 17.2 Å². The molecule has 2 rings (SSSR count). The molecule has 0 amide bonds. The molecule has 7 heteroatoms. The number of ether oxygens (including phenoxy) is 1. The van der Waals surface area contributed by atoms with Crippen LogP contribution in [0.2, 0.25) is 5.02 Å². The molecule has 102 valence electrons. The topological polar surface area (TPSA) is 21.3 Å². The number of halogens is 5. The third kappa shape index (κ3) is 3.51. The first kappa shape index (κ1) is 15.6. The summed E-state index contributed by atoms with van der Waals surface area (Å²) in [6.07, 6.45) is -4.35. The van der Waals surface area contributed by atoms with Crippen molar-refractivity contribution in [1.82, 2.24) is 5.32 Å². The Morgan fingerprint density at radius 3 is 2.61 bits per heavy atom. The van der Waals surface area contributed by atoms with Gasteiger partial charge in [0.15, 0.2) is 0 Å². The zero-order valence-corrected chi connectivity index (χ0v) is 10.8. The molecule has 1 fully saturated rings. The van der Waals surface area contributed by atoms with E-state index >= 15 is 0 Å². The van der Waals surface area contributed by atoms with Gasteiger partial charge in [-0.05, 0) is 23.8 Å². The van der Waals surface area contributed by atoms with Crippen molar-refractivity contribution in [2.24, 2.45) is 0 Å². The van der Waals surface area contributed by atoms with Gasteiger partial charge in [-0.3, -0.25) is 0 Å². The van der Waals surface area contributed by atoms with Crippen LogP contribution in [0.25, 0.3) is 0 Å². The SMILES string of the molecule is Cl.FC(F)(F)c1ccc(Cl)c([C@@H]2COCCN2)c1. The van der Waals surface area contributed by atoms with E-state index in [0.717, 1.165) is 12.1 Å². The van der Waals surface area contributed by atoms with Gasteiger partial charge in [0.2, 0.25) is 0 Å². The molecule has 1 saturated heterocycles. The average Bonchev–Trinajstić information content (AvgIpc) is 2.29. The molecule has 0 spiro atoms. The van der Waals surface area contributed by atoms with E-state index in [9.17, 15) is 13.2 Å². The fraction of sp³-hybridized carbons (Fsp3) is 0.455. The van der Waals surface area contributed by atoms with E-state index in [2.05, 4.69) is 5.32 Å². The quantitative estimate of drug-likeness (QED) is 0.858. The van der Waals surface area contributed by atoms with Gasteiger partial charge < -0.3 is 10.1 Å². The van der Waals surface area contributed by atoms with Gasteiger partial charge in [-0.1, -0.05) is 11.6 Å². The van der Waals surface area contributed by atoms with Crippen molar-refractivity contribution in [3.8, 4) is 0 Å². The highest BCUT2D eigenvalue weighted by atomic mass is 35.5. The maximum Gasteiger partial charge on any atom is 0.416 e. The molecule has 1 atom stereocenters. The van der Waals surface area contributed by atoms with Gasteiger partial charge in [-0.25, -0.2) is 0 Å². The minimum atomic E-state index is -4.35. The first-order chi connectivity index (χ1) is 7.98. The van der Waals surface area contributed by atoms with Crippen molar-refractivity contribution in [1.29, 1.82) is 0 Å². The molecule has 1 N–H and O–H groups in total. The van der Waals surface area contributed by atoms with Crippen LogP contribution in [0.5, 0.6) is 0 Å². The largest absolute Gasteiger partial charge is 0.416 e. The Morgan fingerprint density at radius 1 is 1.33 bits per heavy atom. The maximum atomic E-state index is 12.6. The second-order valence-electron chi connectivity index (χ2n) is 3.82. The normalized spacial score (nSPS) is 20.3. The summed E-state index contributed by atoms with van der Waals surface area (Å²) in [4.78, 5) is 0. The average molecular weight is 302 g/mol. The second kappa shape index (κ2) is 6.10. The third-order valence-corrected chi connectivity index (χ3v) is 2.96. The van der Waals surface area contributed by atoms with Crippen molar-refractivity contribution < 1.29 is 17.9 Å². The summed E-state index contributed by atoms with van der Waals surface area (Å²) in [5.41, 5.74) is -0.259. The zero-order valence-electron chi connectivity index (χ0n) is 9.26. The number of hydrogen-bond acceptors (Lipinski definition) is 2. The minimum Gasteiger partial charge on any atom is -0.378 e. The lowest BCUT2D eigenvalue weighted by Crippen LogP contribution is -2.34. The van der Waals surface area contributed by atoms with E-state index in [4.69, 9.17) is 16.3 Å². The third-order valence-electron chi connectivity index (χ3n) is 2.62. The summed E-state index contributed by atoms with van der Waals surface area (Å²) in [7, 11) is 0. The van der Waals surface area contributed by atoms with Crippen LogP contribution in [0, 0.1) is 0 Å². The summed E-state index contributed by atoms with van der Waals surface area (Å²) < 4.78 is 42.9. The molecule has 0 aliphatic carbocycles. The van der Waals surface area contributed by atoms with Gasteiger partial charge in [0.25, 0.3) is 0 Å². The van der Waals surface area contributed by atoms with Crippen LogP contribution in [-0.2, 0) is 10.9 Å². The van der Waals surface area contributed by atoms with Crippen molar-refractivity contribution in [3.63, 3.8) is 0 Å². The van der Waals surface area contributed by atoms with Crippen molar-refractivity contribution in [2.75, 3.05) is 19.8 Å². The second-order valence-corrected chi connectivity index (χ2v) is 4.22. The van der Waals surface area contributed by atoms with Crippen molar-refractivity contribution in [2.45, 2.75) is 12.2 Å². The number of hydrogen-bond donors (Lipinski definition) is 1. The van der Waals surface area contributed by atoms with Crippen LogP contribution >= 0.6 is 24.0 Å². The Hall–Kier alpha value is -0.490. The van der Waals surface area contributed by atoms with Crippen LogP contribution in [0.15, 0.2) is 18.2 Å². The first-order valence-corrected chi connectivity index (χ1v) is 5.54. The van der Waals surface area contributed by atoms with Gasteiger partial charge in [0.1, 0.15) is 0 Å². The van der Waals surface area contributed by atoms with E-state index in [1.807, 2.05) is 0 Å². The maximum absolute atomic E-state index is 12.6. The van der Waals surface area contributed by atoms with Gasteiger partial charge in [-0.15, -0.1) is 12.4 Å². The minimum absolute atomic E-state index is 0.